The lowest BCUT2D eigenvalue weighted by atomic mass is 10.2. The first-order chi connectivity index (χ1) is 7.70. The minimum atomic E-state index is -2.54. The first-order valence-corrected chi connectivity index (χ1v) is 5.12. The number of carbonyl (C=O) groups is 1. The summed E-state index contributed by atoms with van der Waals surface area (Å²) in [7, 11) is 0. The zero-order valence-electron chi connectivity index (χ0n) is 10.2. The van der Waals surface area contributed by atoms with E-state index in [1.165, 1.54) is 6.92 Å². The van der Waals surface area contributed by atoms with Crippen LogP contribution in [0, 0.1) is 6.92 Å². The normalized spacial score (nSPS) is 11.9. The Kier molecular flexibility index (Phi) is 3.79. The van der Waals surface area contributed by atoms with E-state index in [1.54, 1.807) is 20.8 Å². The van der Waals surface area contributed by atoms with Gasteiger partial charge in [-0.05, 0) is 27.7 Å². The maximum atomic E-state index is 12.2. The summed E-state index contributed by atoms with van der Waals surface area (Å²) in [5.41, 5.74) is -0.407. The smallest absolute Gasteiger partial charge is 0.361 e. The SMILES string of the molecule is Cc1c(C(=O)OC(C)(C)C)nnn1CC(F)F. The van der Waals surface area contributed by atoms with Crippen molar-refractivity contribution in [3.8, 4) is 0 Å². The number of hydrogen-bond donors (Lipinski definition) is 0. The van der Waals surface area contributed by atoms with E-state index < -0.39 is 24.5 Å². The summed E-state index contributed by atoms with van der Waals surface area (Å²) >= 11 is 0. The molecule has 0 N–H and O–H groups in total. The van der Waals surface area contributed by atoms with Crippen LogP contribution < -0.4 is 0 Å². The van der Waals surface area contributed by atoms with Crippen molar-refractivity contribution in [2.75, 3.05) is 0 Å². The van der Waals surface area contributed by atoms with Crippen molar-refractivity contribution in [1.82, 2.24) is 15.0 Å². The molecular weight excluding hydrogens is 232 g/mol. The summed E-state index contributed by atoms with van der Waals surface area (Å²) in [6, 6.07) is 0. The summed E-state index contributed by atoms with van der Waals surface area (Å²) in [5.74, 6) is -0.657. The van der Waals surface area contributed by atoms with E-state index in [-0.39, 0.29) is 11.4 Å². The van der Waals surface area contributed by atoms with Gasteiger partial charge in [0, 0.05) is 0 Å². The van der Waals surface area contributed by atoms with Crippen molar-refractivity contribution in [2.45, 2.75) is 46.3 Å². The first kappa shape index (κ1) is 13.5. The molecule has 0 fully saturated rings. The Morgan fingerprint density at radius 1 is 1.47 bits per heavy atom. The van der Waals surface area contributed by atoms with Crippen LogP contribution in [-0.4, -0.2) is 33.0 Å². The number of rotatable bonds is 3. The van der Waals surface area contributed by atoms with E-state index in [9.17, 15) is 13.6 Å². The number of alkyl halides is 2. The second-order valence-corrected chi connectivity index (χ2v) is 4.60. The number of aromatic nitrogens is 3. The van der Waals surface area contributed by atoms with Crippen LogP contribution in [-0.2, 0) is 11.3 Å². The molecule has 7 heteroatoms. The van der Waals surface area contributed by atoms with Gasteiger partial charge in [0.05, 0.1) is 5.69 Å². The highest BCUT2D eigenvalue weighted by Crippen LogP contribution is 2.13. The topological polar surface area (TPSA) is 57.0 Å². The lowest BCUT2D eigenvalue weighted by Gasteiger charge is -2.18. The third-order valence-corrected chi connectivity index (χ3v) is 1.89. The van der Waals surface area contributed by atoms with Gasteiger partial charge in [0.15, 0.2) is 5.69 Å². The van der Waals surface area contributed by atoms with E-state index in [0.29, 0.717) is 0 Å². The third kappa shape index (κ3) is 3.76. The summed E-state index contributed by atoms with van der Waals surface area (Å²) in [4.78, 5) is 11.7. The van der Waals surface area contributed by atoms with Gasteiger partial charge in [-0.1, -0.05) is 5.21 Å². The van der Waals surface area contributed by atoms with Crippen molar-refractivity contribution in [3.05, 3.63) is 11.4 Å². The number of hydrogen-bond acceptors (Lipinski definition) is 4. The maximum absolute atomic E-state index is 12.2. The highest BCUT2D eigenvalue weighted by atomic mass is 19.3. The molecule has 0 spiro atoms. The van der Waals surface area contributed by atoms with Crippen LogP contribution >= 0.6 is 0 Å². The molecule has 1 heterocycles. The molecule has 0 aliphatic carbocycles. The van der Waals surface area contributed by atoms with Gasteiger partial charge in [0.2, 0.25) is 0 Å². The van der Waals surface area contributed by atoms with Gasteiger partial charge in [-0.15, -0.1) is 5.10 Å². The largest absolute Gasteiger partial charge is 0.455 e. The number of esters is 1. The van der Waals surface area contributed by atoms with Crippen LogP contribution in [0.25, 0.3) is 0 Å². The third-order valence-electron chi connectivity index (χ3n) is 1.89. The zero-order chi connectivity index (χ0) is 13.2. The maximum Gasteiger partial charge on any atom is 0.361 e. The molecular formula is C10H15F2N3O2. The first-order valence-electron chi connectivity index (χ1n) is 5.12. The summed E-state index contributed by atoms with van der Waals surface area (Å²) in [6.45, 7) is 6.06. The lowest BCUT2D eigenvalue weighted by Crippen LogP contribution is -2.24. The number of halogens is 2. The Morgan fingerprint density at radius 2 is 2.06 bits per heavy atom. The minimum Gasteiger partial charge on any atom is -0.455 e. The molecule has 5 nitrogen and oxygen atoms in total. The molecule has 17 heavy (non-hydrogen) atoms. The molecule has 1 aromatic rings. The molecule has 0 radical (unpaired) electrons. The van der Waals surface area contributed by atoms with Gasteiger partial charge in [0.25, 0.3) is 6.43 Å². The van der Waals surface area contributed by atoms with Crippen LogP contribution in [0.15, 0.2) is 0 Å². The molecule has 1 aromatic heterocycles. The van der Waals surface area contributed by atoms with Gasteiger partial charge < -0.3 is 4.74 Å². The van der Waals surface area contributed by atoms with Crippen molar-refractivity contribution < 1.29 is 18.3 Å². The number of carbonyl (C=O) groups excluding carboxylic acids is 1. The van der Waals surface area contributed by atoms with E-state index in [0.717, 1.165) is 4.68 Å². The monoisotopic (exact) mass is 247 g/mol. The predicted molar refractivity (Wildman–Crippen MR) is 55.9 cm³/mol. The van der Waals surface area contributed by atoms with Crippen LogP contribution in [0.2, 0.25) is 0 Å². The molecule has 0 saturated carbocycles. The van der Waals surface area contributed by atoms with Crippen molar-refractivity contribution >= 4 is 5.97 Å². The fourth-order valence-electron chi connectivity index (χ4n) is 1.18. The van der Waals surface area contributed by atoms with Crippen LogP contribution in [0.1, 0.15) is 37.0 Å². The predicted octanol–water partition coefficient (Wildman–Crippen LogP) is 1.81. The Labute approximate surface area is 97.8 Å². The Hall–Kier alpha value is -1.53. The Balaban J connectivity index is 2.86. The molecule has 0 atom stereocenters. The zero-order valence-corrected chi connectivity index (χ0v) is 10.2. The Morgan fingerprint density at radius 3 is 2.53 bits per heavy atom. The van der Waals surface area contributed by atoms with Crippen molar-refractivity contribution in [1.29, 1.82) is 0 Å². The molecule has 96 valence electrons. The summed E-state index contributed by atoms with van der Waals surface area (Å²) in [6.07, 6.45) is -2.54. The second-order valence-electron chi connectivity index (χ2n) is 4.60. The van der Waals surface area contributed by atoms with Gasteiger partial charge in [-0.3, -0.25) is 0 Å². The molecule has 0 saturated heterocycles. The lowest BCUT2D eigenvalue weighted by molar-refractivity contribution is 0.00616. The minimum absolute atomic E-state index is 0.0272. The average molecular weight is 247 g/mol. The van der Waals surface area contributed by atoms with Crippen molar-refractivity contribution in [3.63, 3.8) is 0 Å². The Bertz CT molecular complexity index is 410. The highest BCUT2D eigenvalue weighted by molar-refractivity contribution is 5.88. The molecule has 0 amide bonds. The van der Waals surface area contributed by atoms with Crippen molar-refractivity contribution in [2.24, 2.45) is 0 Å². The van der Waals surface area contributed by atoms with E-state index >= 15 is 0 Å². The van der Waals surface area contributed by atoms with Gasteiger partial charge in [-0.2, -0.15) is 0 Å². The molecule has 1 rings (SSSR count). The fraction of sp³-hybridized carbons (Fsp3) is 0.700. The van der Waals surface area contributed by atoms with E-state index in [4.69, 9.17) is 4.74 Å². The molecule has 0 aliphatic rings. The molecule has 0 aliphatic heterocycles. The molecule has 0 unspecified atom stereocenters. The van der Waals surface area contributed by atoms with E-state index in [1.807, 2.05) is 0 Å². The standard InChI is InChI=1S/C10H15F2N3O2/c1-6-8(9(16)17-10(2,3)4)13-14-15(6)5-7(11)12/h7H,5H2,1-4H3. The van der Waals surface area contributed by atoms with Crippen LogP contribution in [0.3, 0.4) is 0 Å². The van der Waals surface area contributed by atoms with Gasteiger partial charge >= 0.3 is 5.97 Å². The second kappa shape index (κ2) is 4.77. The highest BCUT2D eigenvalue weighted by Gasteiger charge is 2.24. The molecule has 0 bridgehead atoms. The van der Waals surface area contributed by atoms with Gasteiger partial charge in [0.1, 0.15) is 12.1 Å². The number of nitrogens with zero attached hydrogens (tertiary/aromatic N) is 3. The quantitative estimate of drug-likeness (QED) is 0.764. The van der Waals surface area contributed by atoms with E-state index in [2.05, 4.69) is 10.3 Å². The van der Waals surface area contributed by atoms with Crippen LogP contribution in [0.4, 0.5) is 8.78 Å². The summed E-state index contributed by atoms with van der Waals surface area (Å²) < 4.78 is 30.4. The summed E-state index contributed by atoms with van der Waals surface area (Å²) in [5, 5.41) is 7.05. The number of ether oxygens (including phenoxy) is 1. The molecule has 0 aromatic carbocycles. The van der Waals surface area contributed by atoms with Gasteiger partial charge in [-0.25, -0.2) is 18.3 Å². The average Bonchev–Trinajstić information content (AvgIpc) is 2.44. The fourth-order valence-corrected chi connectivity index (χ4v) is 1.18. The van der Waals surface area contributed by atoms with Crippen LogP contribution in [0.5, 0.6) is 0 Å².